The van der Waals surface area contributed by atoms with E-state index in [0.717, 1.165) is 12.0 Å². The third kappa shape index (κ3) is 3.23. The van der Waals surface area contributed by atoms with Gasteiger partial charge in [0.25, 0.3) is 0 Å². The zero-order chi connectivity index (χ0) is 14.7. The van der Waals surface area contributed by atoms with E-state index < -0.39 is 11.8 Å². The minimum Gasteiger partial charge on any atom is -0.478 e. The number of hydrogen-bond acceptors (Lipinski definition) is 1. The summed E-state index contributed by atoms with van der Waals surface area (Å²) in [7, 11) is 0. The molecule has 0 amide bonds. The summed E-state index contributed by atoms with van der Waals surface area (Å²) in [4.78, 5) is 11.2. The molecule has 0 aliphatic carbocycles. The van der Waals surface area contributed by atoms with Crippen molar-refractivity contribution in [2.45, 2.75) is 20.3 Å². The average molecular weight is 272 g/mol. The van der Waals surface area contributed by atoms with Gasteiger partial charge >= 0.3 is 5.97 Å². The first-order chi connectivity index (χ1) is 9.47. The first-order valence-corrected chi connectivity index (χ1v) is 6.59. The molecule has 0 heterocycles. The molecule has 1 N–H and O–H groups in total. The van der Waals surface area contributed by atoms with Gasteiger partial charge in [0, 0.05) is 0 Å². The quantitative estimate of drug-likeness (QED) is 0.896. The summed E-state index contributed by atoms with van der Waals surface area (Å²) in [5.74, 6) is -0.924. The van der Waals surface area contributed by atoms with Crippen molar-refractivity contribution < 1.29 is 14.3 Å². The molecule has 0 unspecified atom stereocenters. The molecular formula is C17H17FO2. The molecule has 0 saturated heterocycles. The Labute approximate surface area is 117 Å². The number of hydrogen-bond donors (Lipinski definition) is 1. The van der Waals surface area contributed by atoms with Crippen LogP contribution in [0.1, 0.15) is 29.8 Å². The Morgan fingerprint density at radius 1 is 1.15 bits per heavy atom. The van der Waals surface area contributed by atoms with Gasteiger partial charge in [-0.15, -0.1) is 0 Å². The molecule has 2 aromatic carbocycles. The van der Waals surface area contributed by atoms with Crippen molar-refractivity contribution in [3.8, 4) is 11.1 Å². The minimum absolute atomic E-state index is 0.114. The van der Waals surface area contributed by atoms with Gasteiger partial charge in [0.15, 0.2) is 0 Å². The van der Waals surface area contributed by atoms with Gasteiger partial charge in [-0.25, -0.2) is 9.18 Å². The molecular weight excluding hydrogens is 255 g/mol. The predicted octanol–water partition coefficient (Wildman–Crippen LogP) is 4.39. The molecule has 0 aliphatic heterocycles. The third-order valence-electron chi connectivity index (χ3n) is 3.12. The van der Waals surface area contributed by atoms with E-state index in [9.17, 15) is 9.18 Å². The Hall–Kier alpha value is -2.16. The fraction of sp³-hybridized carbons (Fsp3) is 0.235. The van der Waals surface area contributed by atoms with Crippen LogP contribution in [0.25, 0.3) is 11.1 Å². The SMILES string of the molecule is CC(C)Cc1ccc(-c2cc(F)ccc2C(=O)O)cc1. The summed E-state index contributed by atoms with van der Waals surface area (Å²) >= 11 is 0. The van der Waals surface area contributed by atoms with Gasteiger partial charge < -0.3 is 5.11 Å². The van der Waals surface area contributed by atoms with Crippen LogP contribution < -0.4 is 0 Å². The first kappa shape index (κ1) is 14.3. The lowest BCUT2D eigenvalue weighted by Crippen LogP contribution is -2.00. The van der Waals surface area contributed by atoms with Crippen LogP contribution in [0.15, 0.2) is 42.5 Å². The van der Waals surface area contributed by atoms with E-state index in [4.69, 9.17) is 5.11 Å². The van der Waals surface area contributed by atoms with Gasteiger partial charge in [-0.2, -0.15) is 0 Å². The summed E-state index contributed by atoms with van der Waals surface area (Å²) in [6, 6.07) is 11.4. The Morgan fingerprint density at radius 3 is 2.35 bits per heavy atom. The van der Waals surface area contributed by atoms with Gasteiger partial charge in [0.2, 0.25) is 0 Å². The van der Waals surface area contributed by atoms with Gasteiger partial charge in [-0.3, -0.25) is 0 Å². The zero-order valence-corrected chi connectivity index (χ0v) is 11.6. The van der Waals surface area contributed by atoms with Crippen molar-refractivity contribution in [1.29, 1.82) is 0 Å². The lowest BCUT2D eigenvalue weighted by Gasteiger charge is -2.09. The van der Waals surface area contributed by atoms with Crippen LogP contribution in [0.2, 0.25) is 0 Å². The highest BCUT2D eigenvalue weighted by Crippen LogP contribution is 2.25. The fourth-order valence-corrected chi connectivity index (χ4v) is 2.23. The lowest BCUT2D eigenvalue weighted by atomic mass is 9.96. The molecule has 2 rings (SSSR count). The molecule has 20 heavy (non-hydrogen) atoms. The normalized spacial score (nSPS) is 10.8. The number of carboxylic acid groups (broad SMARTS) is 1. The first-order valence-electron chi connectivity index (χ1n) is 6.59. The van der Waals surface area contributed by atoms with E-state index in [-0.39, 0.29) is 5.56 Å². The molecule has 3 heteroatoms. The number of carboxylic acids is 1. The molecule has 104 valence electrons. The second kappa shape index (κ2) is 5.87. The zero-order valence-electron chi connectivity index (χ0n) is 11.6. The van der Waals surface area contributed by atoms with E-state index in [1.807, 2.05) is 24.3 Å². The fourth-order valence-electron chi connectivity index (χ4n) is 2.23. The second-order valence-electron chi connectivity index (χ2n) is 5.29. The topological polar surface area (TPSA) is 37.3 Å². The molecule has 0 aromatic heterocycles. The Bertz CT molecular complexity index is 615. The number of carbonyl (C=O) groups is 1. The summed E-state index contributed by atoms with van der Waals surface area (Å²) < 4.78 is 13.4. The van der Waals surface area contributed by atoms with Crippen molar-refractivity contribution in [2.24, 2.45) is 5.92 Å². The van der Waals surface area contributed by atoms with E-state index in [0.29, 0.717) is 11.5 Å². The van der Waals surface area contributed by atoms with Crippen molar-refractivity contribution in [1.82, 2.24) is 0 Å². The maximum atomic E-state index is 13.4. The Morgan fingerprint density at radius 2 is 1.80 bits per heavy atom. The van der Waals surface area contributed by atoms with Crippen LogP contribution in [0.4, 0.5) is 4.39 Å². The summed E-state index contributed by atoms with van der Waals surface area (Å²) in [5.41, 5.74) is 2.43. The summed E-state index contributed by atoms with van der Waals surface area (Å²) in [5, 5.41) is 9.17. The van der Waals surface area contributed by atoms with E-state index in [1.165, 1.54) is 23.8 Å². The summed E-state index contributed by atoms with van der Waals surface area (Å²) in [6.45, 7) is 4.28. The highest BCUT2D eigenvalue weighted by molar-refractivity contribution is 5.96. The standard InChI is InChI=1S/C17H17FO2/c1-11(2)9-12-3-5-13(6-4-12)16-10-14(18)7-8-15(16)17(19)20/h3-8,10-11H,9H2,1-2H3,(H,19,20). The molecule has 0 spiro atoms. The maximum Gasteiger partial charge on any atom is 0.336 e. The summed E-state index contributed by atoms with van der Waals surface area (Å²) in [6.07, 6.45) is 0.967. The molecule has 0 radical (unpaired) electrons. The van der Waals surface area contributed by atoms with Crippen molar-refractivity contribution in [3.05, 3.63) is 59.4 Å². The number of benzene rings is 2. The van der Waals surface area contributed by atoms with Crippen LogP contribution in [0.5, 0.6) is 0 Å². The molecule has 2 nitrogen and oxygen atoms in total. The van der Waals surface area contributed by atoms with Gasteiger partial charge in [0.05, 0.1) is 5.56 Å². The predicted molar refractivity (Wildman–Crippen MR) is 77.3 cm³/mol. The van der Waals surface area contributed by atoms with E-state index in [1.54, 1.807) is 0 Å². The van der Waals surface area contributed by atoms with E-state index in [2.05, 4.69) is 13.8 Å². The number of aromatic carboxylic acids is 1. The molecule has 0 atom stereocenters. The second-order valence-corrected chi connectivity index (χ2v) is 5.29. The largest absolute Gasteiger partial charge is 0.478 e. The van der Waals surface area contributed by atoms with Gasteiger partial charge in [-0.1, -0.05) is 38.1 Å². The highest BCUT2D eigenvalue weighted by Gasteiger charge is 2.12. The van der Waals surface area contributed by atoms with Crippen LogP contribution in [0, 0.1) is 11.7 Å². The van der Waals surface area contributed by atoms with Gasteiger partial charge in [0.1, 0.15) is 5.82 Å². The third-order valence-corrected chi connectivity index (χ3v) is 3.12. The molecule has 0 saturated carbocycles. The highest BCUT2D eigenvalue weighted by atomic mass is 19.1. The molecule has 0 aliphatic rings. The smallest absolute Gasteiger partial charge is 0.336 e. The Balaban J connectivity index is 2.41. The van der Waals surface area contributed by atoms with Crippen molar-refractivity contribution in [2.75, 3.05) is 0 Å². The van der Waals surface area contributed by atoms with Crippen LogP contribution in [-0.2, 0) is 6.42 Å². The van der Waals surface area contributed by atoms with Gasteiger partial charge in [-0.05, 0) is 47.2 Å². The molecule has 0 fully saturated rings. The van der Waals surface area contributed by atoms with Crippen LogP contribution in [0.3, 0.4) is 0 Å². The van der Waals surface area contributed by atoms with Crippen LogP contribution >= 0.6 is 0 Å². The number of halogens is 1. The lowest BCUT2D eigenvalue weighted by molar-refractivity contribution is 0.0697. The van der Waals surface area contributed by atoms with Crippen molar-refractivity contribution >= 4 is 5.97 Å². The average Bonchev–Trinajstić information content (AvgIpc) is 2.38. The molecule has 2 aromatic rings. The Kier molecular flexibility index (Phi) is 4.18. The van der Waals surface area contributed by atoms with E-state index >= 15 is 0 Å². The monoisotopic (exact) mass is 272 g/mol. The number of rotatable bonds is 4. The maximum absolute atomic E-state index is 13.4. The minimum atomic E-state index is -1.05. The van der Waals surface area contributed by atoms with Crippen LogP contribution in [-0.4, -0.2) is 11.1 Å². The molecule has 0 bridgehead atoms. The van der Waals surface area contributed by atoms with Crippen molar-refractivity contribution in [3.63, 3.8) is 0 Å².